The molecule has 1 saturated heterocycles. The van der Waals surface area contributed by atoms with Crippen LogP contribution in [0.15, 0.2) is 0 Å². The second kappa shape index (κ2) is 2.43. The number of hydrogen-bond donors (Lipinski definition) is 5. The lowest BCUT2D eigenvalue weighted by molar-refractivity contribution is -0.0144. The lowest BCUT2D eigenvalue weighted by Crippen LogP contribution is -2.70. The number of rotatable bonds is 0. The Labute approximate surface area is 67.4 Å². The molecule has 0 amide bonds. The molecule has 12 heavy (non-hydrogen) atoms. The summed E-state index contributed by atoms with van der Waals surface area (Å²) in [6, 6.07) is 0. The Bertz CT molecular complexity index is 141. The van der Waals surface area contributed by atoms with Crippen molar-refractivity contribution in [3.05, 3.63) is 0 Å². The molecule has 11 heteroatoms. The van der Waals surface area contributed by atoms with Crippen LogP contribution in [0.2, 0.25) is 6.82 Å². The summed E-state index contributed by atoms with van der Waals surface area (Å²) in [5.41, 5.74) is 0. The molecule has 72 valence electrons. The monoisotopic (exact) mass is 181 g/mol. The molecule has 1 aliphatic rings. The molecular formula is CH8B3O8-3. The van der Waals surface area contributed by atoms with Crippen molar-refractivity contribution in [1.82, 2.24) is 0 Å². The Hall–Kier alpha value is -0.125. The quantitative estimate of drug-likeness (QED) is 0.242. The van der Waals surface area contributed by atoms with Crippen LogP contribution in [-0.2, 0) is 13.7 Å². The van der Waals surface area contributed by atoms with Crippen LogP contribution in [0.25, 0.3) is 0 Å². The third kappa shape index (κ3) is 2.43. The Morgan fingerprint density at radius 3 is 1.33 bits per heavy atom. The Balaban J connectivity index is 2.81. The molecule has 5 N–H and O–H groups in total. The highest BCUT2D eigenvalue weighted by Crippen LogP contribution is 2.22. The van der Waals surface area contributed by atoms with Gasteiger partial charge in [-0.25, -0.2) is 0 Å². The molecule has 0 bridgehead atoms. The highest BCUT2D eigenvalue weighted by Gasteiger charge is 2.40. The van der Waals surface area contributed by atoms with Gasteiger partial charge in [-0.15, -0.1) is 6.82 Å². The Morgan fingerprint density at radius 2 is 1.08 bits per heavy atom. The van der Waals surface area contributed by atoms with Crippen molar-refractivity contribution < 1.29 is 38.8 Å². The zero-order chi connectivity index (χ0) is 9.62. The maximum absolute atomic E-state index is 8.98. The molecule has 1 rings (SSSR count). The van der Waals surface area contributed by atoms with E-state index in [-0.39, 0.29) is 0 Å². The maximum atomic E-state index is 8.98. The standard InChI is InChI=1S/CH8B3O8/c1-2(5)10-3(6,7)12-4(8,9)11-2/h5-9H,1H3/q-3. The average molecular weight is 181 g/mol. The molecule has 1 heterocycles. The van der Waals surface area contributed by atoms with E-state index in [0.717, 1.165) is 6.82 Å². The van der Waals surface area contributed by atoms with E-state index in [1.165, 1.54) is 0 Å². The fraction of sp³-hybridized carbons (Fsp3) is 1.00. The molecule has 1 fully saturated rings. The molecule has 0 aromatic carbocycles. The molecule has 0 spiro atoms. The van der Waals surface area contributed by atoms with Gasteiger partial charge in [0.25, 0.3) is 6.75 Å². The lowest BCUT2D eigenvalue weighted by atomic mass is 9.72. The molecule has 0 aliphatic carbocycles. The Morgan fingerprint density at radius 1 is 0.750 bits per heavy atom. The minimum atomic E-state index is -3.91. The van der Waals surface area contributed by atoms with Crippen LogP contribution < -0.4 is 0 Å². The summed E-state index contributed by atoms with van der Waals surface area (Å²) >= 11 is 0. The highest BCUT2D eigenvalue weighted by atomic mass is 16.9. The van der Waals surface area contributed by atoms with Crippen LogP contribution in [0.4, 0.5) is 0 Å². The van der Waals surface area contributed by atoms with Crippen LogP contribution in [0.1, 0.15) is 0 Å². The van der Waals surface area contributed by atoms with E-state index in [1.807, 2.05) is 0 Å². The van der Waals surface area contributed by atoms with Crippen molar-refractivity contribution in [3.8, 4) is 0 Å². The van der Waals surface area contributed by atoms with Crippen LogP contribution in [0.5, 0.6) is 0 Å². The first kappa shape index (κ1) is 9.96. The summed E-state index contributed by atoms with van der Waals surface area (Å²) in [7, 11) is 0. The van der Waals surface area contributed by atoms with Crippen LogP contribution in [0.3, 0.4) is 0 Å². The summed E-state index contributed by atoms with van der Waals surface area (Å²) in [6.45, 7) is -10.1. The first-order chi connectivity index (χ1) is 5.12. The van der Waals surface area contributed by atoms with Gasteiger partial charge < -0.3 is 38.8 Å². The van der Waals surface area contributed by atoms with Crippen molar-refractivity contribution in [3.63, 3.8) is 0 Å². The predicted octanol–water partition coefficient (Wildman–Crippen LogP) is -3.55. The molecule has 0 radical (unpaired) electrons. The van der Waals surface area contributed by atoms with E-state index < -0.39 is 20.7 Å². The SMILES string of the molecule is C[B-]1(O)O[B-](O)(O)O[B-](O)(O)O1. The molecule has 0 aromatic rings. The molecule has 0 saturated carbocycles. The first-order valence-corrected chi connectivity index (χ1v) is 3.28. The van der Waals surface area contributed by atoms with E-state index >= 15 is 0 Å². The van der Waals surface area contributed by atoms with Crippen molar-refractivity contribution in [2.75, 3.05) is 0 Å². The van der Waals surface area contributed by atoms with E-state index in [2.05, 4.69) is 13.7 Å². The van der Waals surface area contributed by atoms with Gasteiger partial charge in [-0.1, -0.05) is 0 Å². The fourth-order valence-corrected chi connectivity index (χ4v) is 0.985. The first-order valence-electron chi connectivity index (χ1n) is 3.28. The van der Waals surface area contributed by atoms with Crippen LogP contribution >= 0.6 is 0 Å². The van der Waals surface area contributed by atoms with Gasteiger partial charge in [-0.05, 0) is 0 Å². The number of hydrogen-bond acceptors (Lipinski definition) is 8. The zero-order valence-electron chi connectivity index (χ0n) is 6.19. The normalized spacial score (nSPS) is 31.5. The van der Waals surface area contributed by atoms with Crippen LogP contribution in [-0.4, -0.2) is 45.8 Å². The lowest BCUT2D eigenvalue weighted by Gasteiger charge is -2.62. The van der Waals surface area contributed by atoms with Gasteiger partial charge in [0.05, 0.1) is 0 Å². The Kier molecular flexibility index (Phi) is 2.02. The molecule has 1 aliphatic heterocycles. The topological polar surface area (TPSA) is 129 Å². The third-order valence-electron chi connectivity index (χ3n) is 1.21. The third-order valence-corrected chi connectivity index (χ3v) is 1.21. The van der Waals surface area contributed by atoms with Crippen LogP contribution in [0, 0.1) is 0 Å². The second-order valence-electron chi connectivity index (χ2n) is 2.71. The molecule has 0 atom stereocenters. The molecule has 0 unspecified atom stereocenters. The van der Waals surface area contributed by atoms with E-state index in [1.54, 1.807) is 0 Å². The minimum absolute atomic E-state index is 0.897. The molecular weight excluding hydrogens is 172 g/mol. The van der Waals surface area contributed by atoms with Gasteiger partial charge in [-0.2, -0.15) is 0 Å². The van der Waals surface area contributed by atoms with Gasteiger partial charge in [0.15, 0.2) is 0 Å². The summed E-state index contributed by atoms with van der Waals surface area (Å²) in [5, 5.41) is 43.7. The smallest absolute Gasteiger partial charge is 0.448 e. The van der Waals surface area contributed by atoms with Gasteiger partial charge >= 0.3 is 13.9 Å². The van der Waals surface area contributed by atoms with Crippen molar-refractivity contribution in [1.29, 1.82) is 0 Å². The molecule has 0 aromatic heterocycles. The summed E-state index contributed by atoms with van der Waals surface area (Å²) in [4.78, 5) is 0. The summed E-state index contributed by atoms with van der Waals surface area (Å²) in [5.74, 6) is 0. The molecule has 8 nitrogen and oxygen atoms in total. The highest BCUT2D eigenvalue weighted by molar-refractivity contribution is 6.82. The average Bonchev–Trinajstić information content (AvgIpc) is 1.44. The fourth-order valence-electron chi connectivity index (χ4n) is 0.985. The van der Waals surface area contributed by atoms with E-state index in [0.29, 0.717) is 0 Å². The zero-order valence-corrected chi connectivity index (χ0v) is 6.19. The van der Waals surface area contributed by atoms with Gasteiger partial charge in [-0.3, -0.25) is 0 Å². The summed E-state index contributed by atoms with van der Waals surface area (Å²) in [6.07, 6.45) is 0. The maximum Gasteiger partial charge on any atom is 0.448 e. The summed E-state index contributed by atoms with van der Waals surface area (Å²) < 4.78 is 11.8. The van der Waals surface area contributed by atoms with E-state index in [9.17, 15) is 0 Å². The second-order valence-corrected chi connectivity index (χ2v) is 2.71. The minimum Gasteiger partial charge on any atom is -0.707 e. The van der Waals surface area contributed by atoms with E-state index in [4.69, 9.17) is 25.1 Å². The van der Waals surface area contributed by atoms with Gasteiger partial charge in [0.2, 0.25) is 0 Å². The van der Waals surface area contributed by atoms with Crippen molar-refractivity contribution in [2.45, 2.75) is 6.82 Å². The van der Waals surface area contributed by atoms with Crippen molar-refractivity contribution in [2.24, 2.45) is 0 Å². The van der Waals surface area contributed by atoms with Gasteiger partial charge in [0, 0.05) is 0 Å². The van der Waals surface area contributed by atoms with Crippen molar-refractivity contribution >= 4 is 20.7 Å². The largest absolute Gasteiger partial charge is 0.707 e. The predicted molar refractivity (Wildman–Crippen MR) is 37.5 cm³/mol. The van der Waals surface area contributed by atoms with Gasteiger partial charge in [0.1, 0.15) is 0 Å².